The Bertz CT molecular complexity index is 933. The van der Waals surface area contributed by atoms with Crippen LogP contribution in [0.5, 0.6) is 0 Å². The Kier molecular flexibility index (Phi) is 2.95. The van der Waals surface area contributed by atoms with E-state index in [0.717, 1.165) is 36.5 Å². The molecule has 0 aromatic carbocycles. The highest BCUT2D eigenvalue weighted by Crippen LogP contribution is 2.34. The number of fused-ring (bicyclic) bond motifs is 1. The molecular formula is C12H9BrN6S2. The van der Waals surface area contributed by atoms with Crippen molar-refractivity contribution >= 4 is 43.6 Å². The van der Waals surface area contributed by atoms with Gasteiger partial charge in [-0.05, 0) is 34.3 Å². The summed E-state index contributed by atoms with van der Waals surface area (Å²) in [6.45, 7) is 1.96. The average Bonchev–Trinajstić information content (AvgIpc) is 3.15. The van der Waals surface area contributed by atoms with E-state index in [1.165, 1.54) is 11.3 Å². The SMILES string of the molecule is Cc1nn(C)c(-c2nn3c(-c4cccs4)nnc3s2)c1Br. The lowest BCUT2D eigenvalue weighted by Crippen LogP contribution is -1.95. The standard InChI is InChI=1S/C12H9BrN6S2/c1-6-8(13)9(18(2)16-6)11-17-19-10(7-4-3-5-20-7)14-15-12(19)21-11/h3-5H,1-2H3. The van der Waals surface area contributed by atoms with Crippen LogP contribution < -0.4 is 0 Å². The van der Waals surface area contributed by atoms with E-state index >= 15 is 0 Å². The number of thiophene rings is 1. The van der Waals surface area contributed by atoms with Crippen molar-refractivity contribution in [3.63, 3.8) is 0 Å². The molecule has 4 aromatic heterocycles. The molecule has 0 fully saturated rings. The van der Waals surface area contributed by atoms with Gasteiger partial charge in [0.05, 0.1) is 15.0 Å². The Morgan fingerprint density at radius 2 is 2.10 bits per heavy atom. The molecule has 0 spiro atoms. The zero-order valence-electron chi connectivity index (χ0n) is 11.1. The molecule has 106 valence electrons. The van der Waals surface area contributed by atoms with Gasteiger partial charge in [0.1, 0.15) is 5.69 Å². The van der Waals surface area contributed by atoms with Crippen molar-refractivity contribution in [1.29, 1.82) is 0 Å². The molecule has 0 N–H and O–H groups in total. The van der Waals surface area contributed by atoms with Crippen molar-refractivity contribution in [1.82, 2.24) is 29.6 Å². The maximum absolute atomic E-state index is 4.66. The zero-order valence-corrected chi connectivity index (χ0v) is 14.3. The zero-order chi connectivity index (χ0) is 14.6. The maximum atomic E-state index is 4.66. The molecule has 0 aliphatic heterocycles. The van der Waals surface area contributed by atoms with Crippen LogP contribution in [0.4, 0.5) is 0 Å². The van der Waals surface area contributed by atoms with E-state index in [0.29, 0.717) is 0 Å². The van der Waals surface area contributed by atoms with Crippen molar-refractivity contribution in [2.45, 2.75) is 6.92 Å². The monoisotopic (exact) mass is 380 g/mol. The van der Waals surface area contributed by atoms with Crippen molar-refractivity contribution in [2.24, 2.45) is 7.05 Å². The van der Waals surface area contributed by atoms with E-state index in [1.807, 2.05) is 36.2 Å². The largest absolute Gasteiger partial charge is 0.264 e. The summed E-state index contributed by atoms with van der Waals surface area (Å²) < 4.78 is 4.59. The topological polar surface area (TPSA) is 60.9 Å². The van der Waals surface area contributed by atoms with E-state index in [2.05, 4.69) is 36.3 Å². The second-order valence-electron chi connectivity index (χ2n) is 4.47. The van der Waals surface area contributed by atoms with Gasteiger partial charge in [0.2, 0.25) is 4.96 Å². The Hall–Kier alpha value is -1.58. The van der Waals surface area contributed by atoms with Crippen LogP contribution in [0.3, 0.4) is 0 Å². The number of aromatic nitrogens is 6. The normalized spacial score (nSPS) is 11.6. The van der Waals surface area contributed by atoms with Gasteiger partial charge in [-0.3, -0.25) is 4.68 Å². The highest BCUT2D eigenvalue weighted by molar-refractivity contribution is 9.10. The quantitative estimate of drug-likeness (QED) is 0.534. The average molecular weight is 381 g/mol. The highest BCUT2D eigenvalue weighted by atomic mass is 79.9. The third-order valence-electron chi connectivity index (χ3n) is 3.08. The molecule has 4 aromatic rings. The van der Waals surface area contributed by atoms with Gasteiger partial charge in [-0.1, -0.05) is 17.4 Å². The molecule has 0 bridgehead atoms. The lowest BCUT2D eigenvalue weighted by Gasteiger charge is -1.96. The molecule has 0 aliphatic carbocycles. The first-order chi connectivity index (χ1) is 10.1. The predicted octanol–water partition coefficient (Wildman–Crippen LogP) is 3.39. The molecule has 9 heteroatoms. The van der Waals surface area contributed by atoms with Crippen LogP contribution in [0.1, 0.15) is 5.69 Å². The maximum Gasteiger partial charge on any atom is 0.235 e. The summed E-state index contributed by atoms with van der Waals surface area (Å²) in [5.74, 6) is 0.775. The molecule has 4 rings (SSSR count). The first-order valence-electron chi connectivity index (χ1n) is 6.10. The molecule has 0 saturated heterocycles. The number of rotatable bonds is 2. The molecule has 0 saturated carbocycles. The van der Waals surface area contributed by atoms with Crippen molar-refractivity contribution < 1.29 is 0 Å². The van der Waals surface area contributed by atoms with Crippen LogP contribution in [0.15, 0.2) is 22.0 Å². The van der Waals surface area contributed by atoms with Gasteiger partial charge in [0.15, 0.2) is 10.8 Å². The Morgan fingerprint density at radius 3 is 2.76 bits per heavy atom. The number of halogens is 1. The summed E-state index contributed by atoms with van der Waals surface area (Å²) >= 11 is 6.71. The van der Waals surface area contributed by atoms with Gasteiger partial charge < -0.3 is 0 Å². The molecule has 21 heavy (non-hydrogen) atoms. The summed E-state index contributed by atoms with van der Waals surface area (Å²) in [5.41, 5.74) is 1.90. The van der Waals surface area contributed by atoms with Crippen LogP contribution in [0, 0.1) is 6.92 Å². The lowest BCUT2D eigenvalue weighted by molar-refractivity contribution is 0.761. The van der Waals surface area contributed by atoms with Crippen LogP contribution in [-0.4, -0.2) is 29.6 Å². The summed E-state index contributed by atoms with van der Waals surface area (Å²) in [5, 5.41) is 20.4. The van der Waals surface area contributed by atoms with Gasteiger partial charge in [0.25, 0.3) is 0 Å². The molecule has 0 unspecified atom stereocenters. The molecule has 0 atom stereocenters. The van der Waals surface area contributed by atoms with Crippen LogP contribution in [-0.2, 0) is 7.05 Å². The summed E-state index contributed by atoms with van der Waals surface area (Å²) in [6.07, 6.45) is 0. The van der Waals surface area contributed by atoms with Crippen LogP contribution in [0.25, 0.3) is 26.4 Å². The number of hydrogen-bond acceptors (Lipinski definition) is 6. The third kappa shape index (κ3) is 1.95. The van der Waals surface area contributed by atoms with Gasteiger partial charge >= 0.3 is 0 Å². The van der Waals surface area contributed by atoms with Gasteiger partial charge in [-0.2, -0.15) is 14.7 Å². The van der Waals surface area contributed by atoms with E-state index in [-0.39, 0.29) is 0 Å². The minimum atomic E-state index is 0.775. The van der Waals surface area contributed by atoms with Crippen LogP contribution in [0.2, 0.25) is 0 Å². The van der Waals surface area contributed by atoms with Crippen molar-refractivity contribution in [3.05, 3.63) is 27.7 Å². The number of hydrogen-bond donors (Lipinski definition) is 0. The van der Waals surface area contributed by atoms with Crippen molar-refractivity contribution in [2.75, 3.05) is 0 Å². The molecule has 4 heterocycles. The lowest BCUT2D eigenvalue weighted by atomic mass is 10.4. The minimum absolute atomic E-state index is 0.775. The van der Waals surface area contributed by atoms with Gasteiger partial charge in [0, 0.05) is 7.05 Å². The fourth-order valence-electron chi connectivity index (χ4n) is 2.14. The van der Waals surface area contributed by atoms with Crippen LogP contribution >= 0.6 is 38.6 Å². The molecule has 0 amide bonds. The molecular weight excluding hydrogens is 372 g/mol. The third-order valence-corrected chi connectivity index (χ3v) is 5.80. The fourth-order valence-corrected chi connectivity index (χ4v) is 4.41. The second kappa shape index (κ2) is 4.72. The molecule has 6 nitrogen and oxygen atoms in total. The van der Waals surface area contributed by atoms with Gasteiger partial charge in [-0.25, -0.2) is 0 Å². The van der Waals surface area contributed by atoms with Gasteiger partial charge in [-0.15, -0.1) is 21.5 Å². The minimum Gasteiger partial charge on any atom is -0.264 e. The smallest absolute Gasteiger partial charge is 0.235 e. The second-order valence-corrected chi connectivity index (χ2v) is 7.17. The van der Waals surface area contributed by atoms with E-state index in [9.17, 15) is 0 Å². The summed E-state index contributed by atoms with van der Waals surface area (Å²) in [4.78, 5) is 1.83. The van der Waals surface area contributed by atoms with E-state index < -0.39 is 0 Å². The van der Waals surface area contributed by atoms with E-state index in [1.54, 1.807) is 15.9 Å². The number of aryl methyl sites for hydroxylation is 2. The Balaban J connectivity index is 1.92. The first-order valence-corrected chi connectivity index (χ1v) is 8.59. The molecule has 0 aliphatic rings. The fraction of sp³-hybridized carbons (Fsp3) is 0.167. The summed E-state index contributed by atoms with van der Waals surface area (Å²) in [7, 11) is 1.91. The Morgan fingerprint density at radius 1 is 1.24 bits per heavy atom. The summed E-state index contributed by atoms with van der Waals surface area (Å²) in [6, 6.07) is 4.01. The number of nitrogens with zero attached hydrogens (tertiary/aromatic N) is 6. The van der Waals surface area contributed by atoms with E-state index in [4.69, 9.17) is 0 Å². The first kappa shape index (κ1) is 13.1. The highest BCUT2D eigenvalue weighted by Gasteiger charge is 2.20. The van der Waals surface area contributed by atoms with Crippen molar-refractivity contribution in [3.8, 4) is 21.4 Å². The Labute approximate surface area is 136 Å². The predicted molar refractivity (Wildman–Crippen MR) is 86.6 cm³/mol. The molecule has 0 radical (unpaired) electrons.